The number of rotatable bonds is 6. The Morgan fingerprint density at radius 2 is 2.14 bits per heavy atom. The molecule has 2 atom stereocenters. The van der Waals surface area contributed by atoms with Crippen molar-refractivity contribution >= 4 is 39.9 Å². The standard InChI is InChI=1S/C18H25ClN6O3S/c1-5-10-14(19)24-15(22-10)17(27)23-11-6-7-25(8-12(11)28-4)18-21-9(2)13(29-18)16(26)20-3/h11-12H,5-8H2,1-4H3,(H,20,26)(H,22,24)(H,23,27)/t11-,12+/m0/s1. The van der Waals surface area contributed by atoms with Gasteiger partial charge in [-0.25, -0.2) is 9.97 Å². The van der Waals surface area contributed by atoms with Crippen molar-refractivity contribution < 1.29 is 14.3 Å². The molecular formula is C18H25ClN6O3S. The normalized spacial score (nSPS) is 19.3. The van der Waals surface area contributed by atoms with Gasteiger partial charge in [-0.1, -0.05) is 29.9 Å². The van der Waals surface area contributed by atoms with Crippen LogP contribution in [0.15, 0.2) is 0 Å². The third kappa shape index (κ3) is 4.54. The van der Waals surface area contributed by atoms with Gasteiger partial charge < -0.3 is 25.3 Å². The zero-order valence-electron chi connectivity index (χ0n) is 16.8. The molecule has 0 aliphatic carbocycles. The number of aromatic amines is 1. The first-order valence-corrected chi connectivity index (χ1v) is 10.6. The van der Waals surface area contributed by atoms with Crippen molar-refractivity contribution in [3.8, 4) is 0 Å². The molecule has 0 saturated carbocycles. The number of nitrogens with one attached hydrogen (secondary N) is 3. The predicted molar refractivity (Wildman–Crippen MR) is 112 cm³/mol. The van der Waals surface area contributed by atoms with Crippen LogP contribution in [-0.4, -0.2) is 66.2 Å². The molecule has 11 heteroatoms. The number of aromatic nitrogens is 3. The van der Waals surface area contributed by atoms with E-state index in [4.69, 9.17) is 16.3 Å². The van der Waals surface area contributed by atoms with Gasteiger partial charge in [-0.2, -0.15) is 0 Å². The molecule has 1 aliphatic rings. The monoisotopic (exact) mass is 440 g/mol. The molecule has 2 amide bonds. The first kappa shape index (κ1) is 21.5. The third-order valence-corrected chi connectivity index (χ3v) is 6.49. The van der Waals surface area contributed by atoms with Crippen molar-refractivity contribution in [3.05, 3.63) is 27.2 Å². The van der Waals surface area contributed by atoms with E-state index in [1.165, 1.54) is 11.3 Å². The second-order valence-corrected chi connectivity index (χ2v) is 8.12. The zero-order valence-corrected chi connectivity index (χ0v) is 18.4. The summed E-state index contributed by atoms with van der Waals surface area (Å²) in [7, 11) is 3.22. The highest BCUT2D eigenvalue weighted by Gasteiger charge is 2.33. The number of halogens is 1. The molecule has 9 nitrogen and oxygen atoms in total. The summed E-state index contributed by atoms with van der Waals surface area (Å²) < 4.78 is 5.63. The second kappa shape index (κ2) is 9.10. The summed E-state index contributed by atoms with van der Waals surface area (Å²) in [4.78, 5) is 38.8. The molecule has 0 aromatic carbocycles. The number of thiazole rings is 1. The number of nitrogens with zero attached hydrogens (tertiary/aromatic N) is 3. The Kier molecular flexibility index (Phi) is 6.76. The second-order valence-electron chi connectivity index (χ2n) is 6.79. The largest absolute Gasteiger partial charge is 0.377 e. The smallest absolute Gasteiger partial charge is 0.287 e. The molecule has 2 aromatic heterocycles. The maximum absolute atomic E-state index is 12.6. The number of aryl methyl sites for hydroxylation is 2. The SMILES string of the molecule is CCc1[nH]c(C(=O)N[C@H]2CCN(c3nc(C)c(C(=O)NC)s3)C[C@H]2OC)nc1Cl. The average molecular weight is 441 g/mol. The van der Waals surface area contributed by atoms with E-state index in [2.05, 4.69) is 30.5 Å². The van der Waals surface area contributed by atoms with Crippen LogP contribution in [0, 0.1) is 6.92 Å². The maximum Gasteiger partial charge on any atom is 0.287 e. The van der Waals surface area contributed by atoms with Gasteiger partial charge in [-0.15, -0.1) is 0 Å². The number of piperidine rings is 1. The lowest BCUT2D eigenvalue weighted by molar-refractivity contribution is 0.0538. The molecule has 3 N–H and O–H groups in total. The van der Waals surface area contributed by atoms with Gasteiger partial charge in [-0.05, 0) is 19.8 Å². The topological polar surface area (TPSA) is 112 Å². The molecule has 29 heavy (non-hydrogen) atoms. The Balaban J connectivity index is 1.68. The minimum Gasteiger partial charge on any atom is -0.377 e. The number of anilines is 1. The fourth-order valence-electron chi connectivity index (χ4n) is 3.30. The molecule has 158 valence electrons. The van der Waals surface area contributed by atoms with Crippen LogP contribution in [0.4, 0.5) is 5.13 Å². The highest BCUT2D eigenvalue weighted by atomic mass is 35.5. The van der Waals surface area contributed by atoms with Crippen LogP contribution < -0.4 is 15.5 Å². The molecular weight excluding hydrogens is 416 g/mol. The molecule has 0 spiro atoms. The van der Waals surface area contributed by atoms with E-state index in [0.29, 0.717) is 41.7 Å². The van der Waals surface area contributed by atoms with Gasteiger partial charge in [-0.3, -0.25) is 9.59 Å². The number of carbonyl (C=O) groups excluding carboxylic acids is 2. The van der Waals surface area contributed by atoms with E-state index < -0.39 is 0 Å². The number of imidazole rings is 1. The summed E-state index contributed by atoms with van der Waals surface area (Å²) in [5.74, 6) is -0.241. The average Bonchev–Trinajstić information content (AvgIpc) is 3.30. The van der Waals surface area contributed by atoms with Crippen molar-refractivity contribution in [2.75, 3.05) is 32.1 Å². The van der Waals surface area contributed by atoms with Crippen molar-refractivity contribution in [1.82, 2.24) is 25.6 Å². The molecule has 1 fully saturated rings. The van der Waals surface area contributed by atoms with Gasteiger partial charge in [0, 0.05) is 27.2 Å². The van der Waals surface area contributed by atoms with Gasteiger partial charge in [0.1, 0.15) is 4.88 Å². The fourth-order valence-corrected chi connectivity index (χ4v) is 4.62. The summed E-state index contributed by atoms with van der Waals surface area (Å²) >= 11 is 7.39. The number of hydrogen-bond acceptors (Lipinski definition) is 7. The van der Waals surface area contributed by atoms with Crippen LogP contribution >= 0.6 is 22.9 Å². The molecule has 2 aromatic rings. The van der Waals surface area contributed by atoms with Crippen LogP contribution in [0.5, 0.6) is 0 Å². The van der Waals surface area contributed by atoms with Gasteiger partial charge >= 0.3 is 0 Å². The van der Waals surface area contributed by atoms with Crippen molar-refractivity contribution in [2.24, 2.45) is 0 Å². The van der Waals surface area contributed by atoms with Crippen molar-refractivity contribution in [3.63, 3.8) is 0 Å². The molecule has 0 radical (unpaired) electrons. The molecule has 3 heterocycles. The van der Waals surface area contributed by atoms with E-state index in [-0.39, 0.29) is 29.8 Å². The van der Waals surface area contributed by atoms with Gasteiger partial charge in [0.15, 0.2) is 16.1 Å². The number of methoxy groups -OCH3 is 1. The Morgan fingerprint density at radius 1 is 1.38 bits per heavy atom. The molecule has 3 rings (SSSR count). The highest BCUT2D eigenvalue weighted by Crippen LogP contribution is 2.29. The van der Waals surface area contributed by atoms with E-state index >= 15 is 0 Å². The summed E-state index contributed by atoms with van der Waals surface area (Å²) in [5, 5.41) is 6.72. The fraction of sp³-hybridized carbons (Fsp3) is 0.556. The third-order valence-electron chi connectivity index (χ3n) is 4.96. The van der Waals surface area contributed by atoms with Crippen LogP contribution in [0.25, 0.3) is 0 Å². The lowest BCUT2D eigenvalue weighted by Gasteiger charge is -2.37. The Bertz CT molecular complexity index is 898. The summed E-state index contributed by atoms with van der Waals surface area (Å²) in [6.07, 6.45) is 1.12. The molecule has 0 bridgehead atoms. The van der Waals surface area contributed by atoms with Gasteiger partial charge in [0.2, 0.25) is 0 Å². The Labute approximate surface area is 178 Å². The number of hydrogen-bond donors (Lipinski definition) is 3. The van der Waals surface area contributed by atoms with Crippen LogP contribution in [0.3, 0.4) is 0 Å². The van der Waals surface area contributed by atoms with Crippen LogP contribution in [0.1, 0.15) is 45.0 Å². The van der Waals surface area contributed by atoms with Crippen molar-refractivity contribution in [2.45, 2.75) is 38.8 Å². The van der Waals surface area contributed by atoms with Crippen LogP contribution in [0.2, 0.25) is 5.15 Å². The number of carbonyl (C=O) groups is 2. The summed E-state index contributed by atoms with van der Waals surface area (Å²) in [6.45, 7) is 5.00. The Morgan fingerprint density at radius 3 is 2.76 bits per heavy atom. The van der Waals surface area contributed by atoms with Gasteiger partial charge in [0.05, 0.1) is 23.5 Å². The van der Waals surface area contributed by atoms with E-state index in [0.717, 1.165) is 10.8 Å². The van der Waals surface area contributed by atoms with E-state index in [9.17, 15) is 9.59 Å². The lowest BCUT2D eigenvalue weighted by Crippen LogP contribution is -2.55. The highest BCUT2D eigenvalue weighted by molar-refractivity contribution is 7.17. The first-order valence-electron chi connectivity index (χ1n) is 9.40. The zero-order chi connectivity index (χ0) is 21.1. The van der Waals surface area contributed by atoms with Gasteiger partial charge in [0.25, 0.3) is 11.8 Å². The maximum atomic E-state index is 12.6. The quantitative estimate of drug-likeness (QED) is 0.631. The predicted octanol–water partition coefficient (Wildman–Crippen LogP) is 1.77. The summed E-state index contributed by atoms with van der Waals surface area (Å²) in [5.41, 5.74) is 1.44. The minimum absolute atomic E-state index is 0.139. The van der Waals surface area contributed by atoms with Crippen molar-refractivity contribution in [1.29, 1.82) is 0 Å². The van der Waals surface area contributed by atoms with E-state index in [1.807, 2.05) is 13.8 Å². The number of amides is 2. The molecule has 1 aliphatic heterocycles. The molecule has 0 unspecified atom stereocenters. The minimum atomic E-state index is -0.306. The number of ether oxygens (including phenoxy) is 1. The van der Waals surface area contributed by atoms with E-state index in [1.54, 1.807) is 14.2 Å². The lowest BCUT2D eigenvalue weighted by atomic mass is 10.0. The number of H-pyrrole nitrogens is 1. The van der Waals surface area contributed by atoms with Crippen LogP contribution in [-0.2, 0) is 11.2 Å². The Hall–Kier alpha value is -2.17. The first-order chi connectivity index (χ1) is 13.9. The molecule has 1 saturated heterocycles. The summed E-state index contributed by atoms with van der Waals surface area (Å²) in [6, 6.07) is -0.169.